The quantitative estimate of drug-likeness (QED) is 0.922. The Hall–Kier alpha value is -0.450. The molecule has 1 aliphatic carbocycles. The van der Waals surface area contributed by atoms with Gasteiger partial charge in [0, 0.05) is 42.3 Å². The van der Waals surface area contributed by atoms with Gasteiger partial charge in [-0.15, -0.1) is 11.3 Å². The first-order valence-electron chi connectivity index (χ1n) is 7.68. The van der Waals surface area contributed by atoms with Crippen molar-refractivity contribution < 1.29 is 0 Å². The average Bonchev–Trinajstić information content (AvgIpc) is 2.93. The normalized spacial score (nSPS) is 27.7. The van der Waals surface area contributed by atoms with E-state index in [0.29, 0.717) is 11.6 Å². The minimum atomic E-state index is 0.411. The van der Waals surface area contributed by atoms with Crippen molar-refractivity contribution >= 4 is 11.3 Å². The molecule has 2 heterocycles. The van der Waals surface area contributed by atoms with Crippen LogP contribution < -0.4 is 5.32 Å². The molecule has 2 aliphatic rings. The molecule has 0 bridgehead atoms. The highest BCUT2D eigenvalue weighted by molar-refractivity contribution is 7.09. The first-order chi connectivity index (χ1) is 9.31. The highest BCUT2D eigenvalue weighted by Crippen LogP contribution is 2.33. The zero-order valence-corrected chi connectivity index (χ0v) is 12.7. The maximum absolute atomic E-state index is 4.22. The lowest BCUT2D eigenvalue weighted by molar-refractivity contribution is 0.0491. The maximum Gasteiger partial charge on any atom is 0.0794 e. The molecule has 1 N–H and O–H groups in total. The summed E-state index contributed by atoms with van der Waals surface area (Å²) in [5, 5.41) is 3.89. The van der Waals surface area contributed by atoms with Crippen LogP contribution in [0.4, 0.5) is 0 Å². The molecule has 3 nitrogen and oxygen atoms in total. The topological polar surface area (TPSA) is 28.2 Å². The van der Waals surface area contributed by atoms with E-state index in [1.165, 1.54) is 49.9 Å². The van der Waals surface area contributed by atoms with Gasteiger partial charge < -0.3 is 5.32 Å². The molecular weight excluding hydrogens is 254 g/mol. The van der Waals surface area contributed by atoms with Crippen molar-refractivity contribution in [1.29, 1.82) is 0 Å². The second kappa shape index (κ2) is 5.90. The number of nitrogens with one attached hydrogen (secondary N) is 1. The second-order valence-electron chi connectivity index (χ2n) is 6.16. The lowest BCUT2D eigenvalue weighted by Gasteiger charge is -2.49. The Morgan fingerprint density at radius 1 is 1.42 bits per heavy atom. The Labute approximate surface area is 120 Å². The van der Waals surface area contributed by atoms with E-state index >= 15 is 0 Å². The number of aromatic nitrogens is 1. The van der Waals surface area contributed by atoms with E-state index in [1.54, 1.807) is 11.3 Å². The van der Waals surface area contributed by atoms with Crippen LogP contribution in [0.5, 0.6) is 0 Å². The Kier molecular flexibility index (Phi) is 4.20. The molecule has 2 fully saturated rings. The van der Waals surface area contributed by atoms with Gasteiger partial charge in [-0.05, 0) is 19.3 Å². The predicted molar refractivity (Wildman–Crippen MR) is 80.4 cm³/mol. The standard InChI is InChI=1S/C15H25N3S/c1-2-13-8-17-15(6-4-3-5-7-15)11-18(13)10-14-9-16-12-19-14/h9,12-13,17H,2-8,10-11H2,1H3. The minimum absolute atomic E-state index is 0.411. The van der Waals surface area contributed by atoms with Crippen LogP contribution in [-0.2, 0) is 6.54 Å². The summed E-state index contributed by atoms with van der Waals surface area (Å²) in [4.78, 5) is 8.33. The zero-order chi connectivity index (χ0) is 13.1. The van der Waals surface area contributed by atoms with Gasteiger partial charge in [-0.3, -0.25) is 9.88 Å². The second-order valence-corrected chi connectivity index (χ2v) is 7.13. The van der Waals surface area contributed by atoms with Crippen molar-refractivity contribution in [3.05, 3.63) is 16.6 Å². The molecule has 0 amide bonds. The molecule has 106 valence electrons. The first kappa shape index (κ1) is 13.5. The van der Waals surface area contributed by atoms with Gasteiger partial charge in [-0.1, -0.05) is 26.2 Å². The summed E-state index contributed by atoms with van der Waals surface area (Å²) in [7, 11) is 0. The average molecular weight is 279 g/mol. The van der Waals surface area contributed by atoms with Crippen molar-refractivity contribution in [2.45, 2.75) is 63.6 Å². The third-order valence-electron chi connectivity index (χ3n) is 4.86. The van der Waals surface area contributed by atoms with Crippen LogP contribution in [0.25, 0.3) is 0 Å². The molecule has 4 heteroatoms. The molecule has 1 unspecified atom stereocenters. The summed E-state index contributed by atoms with van der Waals surface area (Å²) in [5.74, 6) is 0. The summed E-state index contributed by atoms with van der Waals surface area (Å²) in [6, 6.07) is 0.689. The van der Waals surface area contributed by atoms with Crippen LogP contribution in [0, 0.1) is 0 Å². The highest BCUT2D eigenvalue weighted by Gasteiger charge is 2.39. The summed E-state index contributed by atoms with van der Waals surface area (Å²) in [6.07, 6.45) is 10.2. The lowest BCUT2D eigenvalue weighted by Crippen LogP contribution is -2.64. The number of piperazine rings is 1. The van der Waals surface area contributed by atoms with Gasteiger partial charge in [0.2, 0.25) is 0 Å². The molecule has 3 rings (SSSR count). The van der Waals surface area contributed by atoms with E-state index in [0.717, 1.165) is 13.1 Å². The fourth-order valence-electron chi connectivity index (χ4n) is 3.71. The van der Waals surface area contributed by atoms with E-state index in [4.69, 9.17) is 0 Å². The Balaban J connectivity index is 1.70. The van der Waals surface area contributed by atoms with Crippen LogP contribution in [0.2, 0.25) is 0 Å². The van der Waals surface area contributed by atoms with Crippen LogP contribution in [0.1, 0.15) is 50.3 Å². The van der Waals surface area contributed by atoms with Crippen molar-refractivity contribution in [3.8, 4) is 0 Å². The van der Waals surface area contributed by atoms with Crippen LogP contribution >= 0.6 is 11.3 Å². The van der Waals surface area contributed by atoms with Gasteiger partial charge in [-0.25, -0.2) is 0 Å². The molecule has 1 aromatic heterocycles. The van der Waals surface area contributed by atoms with E-state index < -0.39 is 0 Å². The van der Waals surface area contributed by atoms with E-state index in [-0.39, 0.29) is 0 Å². The predicted octanol–water partition coefficient (Wildman–Crippen LogP) is 3.03. The number of rotatable bonds is 3. The van der Waals surface area contributed by atoms with E-state index in [1.807, 2.05) is 11.7 Å². The molecule has 1 aliphatic heterocycles. The Bertz CT molecular complexity index is 384. The largest absolute Gasteiger partial charge is 0.308 e. The summed E-state index contributed by atoms with van der Waals surface area (Å²) in [6.45, 7) is 5.79. The molecule has 1 saturated carbocycles. The zero-order valence-electron chi connectivity index (χ0n) is 11.9. The fraction of sp³-hybridized carbons (Fsp3) is 0.800. The van der Waals surface area contributed by atoms with Crippen LogP contribution in [-0.4, -0.2) is 34.6 Å². The molecule has 0 aromatic carbocycles. The van der Waals surface area contributed by atoms with Gasteiger partial charge in [0.15, 0.2) is 0 Å². The number of nitrogens with zero attached hydrogens (tertiary/aromatic N) is 2. The molecule has 1 saturated heterocycles. The van der Waals surface area contributed by atoms with Crippen LogP contribution in [0.3, 0.4) is 0 Å². The smallest absolute Gasteiger partial charge is 0.0794 e. The van der Waals surface area contributed by atoms with Gasteiger partial charge in [0.25, 0.3) is 0 Å². The van der Waals surface area contributed by atoms with Gasteiger partial charge in [-0.2, -0.15) is 0 Å². The van der Waals surface area contributed by atoms with Crippen molar-refractivity contribution in [2.75, 3.05) is 13.1 Å². The molecule has 1 aromatic rings. The third kappa shape index (κ3) is 3.01. The molecule has 1 atom stereocenters. The van der Waals surface area contributed by atoms with E-state index in [9.17, 15) is 0 Å². The number of hydrogen-bond acceptors (Lipinski definition) is 4. The minimum Gasteiger partial charge on any atom is -0.308 e. The third-order valence-corrected chi connectivity index (χ3v) is 5.62. The Morgan fingerprint density at radius 3 is 2.95 bits per heavy atom. The SMILES string of the molecule is CCC1CNC2(CCCCC2)CN1Cc1cncs1. The Morgan fingerprint density at radius 2 is 2.26 bits per heavy atom. The van der Waals surface area contributed by atoms with Gasteiger partial charge in [0.1, 0.15) is 0 Å². The van der Waals surface area contributed by atoms with Crippen molar-refractivity contribution in [3.63, 3.8) is 0 Å². The lowest BCUT2D eigenvalue weighted by atomic mass is 9.79. The van der Waals surface area contributed by atoms with Crippen molar-refractivity contribution in [2.24, 2.45) is 0 Å². The first-order valence-corrected chi connectivity index (χ1v) is 8.56. The summed E-state index contributed by atoms with van der Waals surface area (Å²) < 4.78 is 0. The molecule has 0 radical (unpaired) electrons. The van der Waals surface area contributed by atoms with Crippen LogP contribution in [0.15, 0.2) is 11.7 Å². The monoisotopic (exact) mass is 279 g/mol. The summed E-state index contributed by atoms with van der Waals surface area (Å²) >= 11 is 1.79. The number of thiazole rings is 1. The maximum atomic E-state index is 4.22. The fourth-order valence-corrected chi connectivity index (χ4v) is 4.33. The molecular formula is C15H25N3S. The van der Waals surface area contributed by atoms with Gasteiger partial charge in [0.05, 0.1) is 5.51 Å². The summed E-state index contributed by atoms with van der Waals surface area (Å²) in [5.41, 5.74) is 2.36. The number of hydrogen-bond donors (Lipinski definition) is 1. The highest BCUT2D eigenvalue weighted by atomic mass is 32.1. The molecule has 1 spiro atoms. The molecule has 19 heavy (non-hydrogen) atoms. The van der Waals surface area contributed by atoms with Crippen molar-refractivity contribution in [1.82, 2.24) is 15.2 Å². The van der Waals surface area contributed by atoms with Gasteiger partial charge >= 0.3 is 0 Å². The van der Waals surface area contributed by atoms with E-state index in [2.05, 4.69) is 22.1 Å².